The fourth-order valence-electron chi connectivity index (χ4n) is 2.72. The fourth-order valence-corrected chi connectivity index (χ4v) is 2.72. The molecule has 0 fully saturated rings. The van der Waals surface area contributed by atoms with E-state index in [1.165, 1.54) is 24.3 Å². The molecule has 11 nitrogen and oxygen atoms in total. The Kier molecular flexibility index (Phi) is 11.8. The Bertz CT molecular complexity index is 1040. The van der Waals surface area contributed by atoms with E-state index in [9.17, 15) is 18.3 Å². The quantitative estimate of drug-likeness (QED) is 0.278. The first-order valence-electron chi connectivity index (χ1n) is 8.16. The van der Waals surface area contributed by atoms with Gasteiger partial charge < -0.3 is 25.3 Å². The molecule has 0 radical (unpaired) electrons. The van der Waals surface area contributed by atoms with Crippen LogP contribution in [0.15, 0.2) is 43.4 Å². The van der Waals surface area contributed by atoms with Crippen LogP contribution in [0, 0.1) is 17.5 Å². The summed E-state index contributed by atoms with van der Waals surface area (Å²) in [5.41, 5.74) is -2.25. The molecule has 3 rings (SSSR count). The monoisotopic (exact) mass is 489 g/mol. The predicted octanol–water partition coefficient (Wildman–Crippen LogP) is -0.225. The molecule has 32 heavy (non-hydrogen) atoms. The molecule has 1 aromatic carbocycles. The van der Waals surface area contributed by atoms with Gasteiger partial charge in [0.15, 0.2) is 5.82 Å². The van der Waals surface area contributed by atoms with Crippen molar-refractivity contribution in [1.29, 1.82) is 0 Å². The first-order chi connectivity index (χ1) is 13.9. The summed E-state index contributed by atoms with van der Waals surface area (Å²) in [5.74, 6) is -3.47. The van der Waals surface area contributed by atoms with E-state index in [-0.39, 0.29) is 52.8 Å². The molecule has 0 aliphatic carbocycles. The van der Waals surface area contributed by atoms with Crippen molar-refractivity contribution in [1.82, 2.24) is 24.7 Å². The zero-order valence-corrected chi connectivity index (χ0v) is 16.7. The van der Waals surface area contributed by atoms with E-state index in [0.717, 1.165) is 24.7 Å². The Morgan fingerprint density at radius 1 is 1.12 bits per heavy atom. The summed E-state index contributed by atoms with van der Waals surface area (Å²) in [6.45, 7) is 1.26. The average Bonchev–Trinajstić information content (AvgIpc) is 3.12. The van der Waals surface area contributed by atoms with Gasteiger partial charge in [0.2, 0.25) is 0 Å². The molecule has 2 atom stereocenters. The van der Waals surface area contributed by atoms with Crippen molar-refractivity contribution in [3.05, 3.63) is 72.1 Å². The molecule has 0 spiro atoms. The normalized spacial score (nSPS) is 13.5. The van der Waals surface area contributed by atoms with Crippen LogP contribution in [0.4, 0.5) is 13.2 Å². The van der Waals surface area contributed by atoms with Crippen LogP contribution in [0.3, 0.4) is 0 Å². The third-order valence-electron chi connectivity index (χ3n) is 4.09. The maximum absolute atomic E-state index is 14.4. The van der Waals surface area contributed by atoms with E-state index in [4.69, 9.17) is 19.2 Å². The Morgan fingerprint density at radius 2 is 1.75 bits per heavy atom. The van der Waals surface area contributed by atoms with Gasteiger partial charge in [0, 0.05) is 17.5 Å². The molecular formula is C16H20F3N5NaO6P. The van der Waals surface area contributed by atoms with Crippen LogP contribution in [0.1, 0.15) is 24.1 Å². The summed E-state index contributed by atoms with van der Waals surface area (Å²) in [4.78, 5) is 32.8. The standard InChI is InChI=1S/C16H14F3N5O.Na.H3O4P.H2O.H/c1-10(15-14(19)5-20-7-22-15)16(25,6-24-9-21-8-23-24)12-3-2-11(17)4-13(12)18;;1-5(2,3)4;;/h2-5,7-10,25H,6H2,1H3;;(H3,1,2,3,4);1H2;/t10-,16+;;;;/m0..../s1. The Labute approximate surface area is 201 Å². The van der Waals surface area contributed by atoms with Gasteiger partial charge in [-0.25, -0.2) is 37.4 Å². The van der Waals surface area contributed by atoms with E-state index in [2.05, 4.69) is 20.1 Å². The number of halogens is 3. The first-order valence-corrected chi connectivity index (χ1v) is 9.72. The van der Waals surface area contributed by atoms with Gasteiger partial charge in [-0.15, -0.1) is 0 Å². The van der Waals surface area contributed by atoms with Gasteiger partial charge in [0.05, 0.1) is 18.4 Å². The van der Waals surface area contributed by atoms with Gasteiger partial charge in [0.25, 0.3) is 0 Å². The van der Waals surface area contributed by atoms with E-state index >= 15 is 0 Å². The van der Waals surface area contributed by atoms with Crippen molar-refractivity contribution in [2.45, 2.75) is 25.0 Å². The summed E-state index contributed by atoms with van der Waals surface area (Å²) in [5, 5.41) is 15.2. The second-order valence-corrected chi connectivity index (χ2v) is 7.16. The minimum absolute atomic E-state index is 0. The van der Waals surface area contributed by atoms with Gasteiger partial charge >= 0.3 is 37.4 Å². The van der Waals surface area contributed by atoms with Crippen LogP contribution in [-0.4, -0.2) is 79.6 Å². The fraction of sp³-hybridized carbons (Fsp3) is 0.250. The number of hydrogen-bond acceptors (Lipinski definition) is 6. The Hall–Kier alpha value is -1.74. The molecule has 0 bridgehead atoms. The SMILES string of the molecule is C[C@@H](c1ncncc1F)[C@](O)(Cn1cncn1)c1ccc(F)cc1F.O.O=P(O)(O)O.[NaH]. The molecule has 3 aromatic rings. The van der Waals surface area contributed by atoms with E-state index in [1.54, 1.807) is 0 Å². The van der Waals surface area contributed by atoms with Gasteiger partial charge in [-0.05, 0) is 6.07 Å². The summed E-state index contributed by atoms with van der Waals surface area (Å²) < 4.78 is 51.9. The van der Waals surface area contributed by atoms with Crippen LogP contribution in [-0.2, 0) is 16.7 Å². The second-order valence-electron chi connectivity index (χ2n) is 6.13. The van der Waals surface area contributed by atoms with Crippen molar-refractivity contribution in [2.75, 3.05) is 0 Å². The molecule has 0 aliphatic heterocycles. The molecule has 0 saturated carbocycles. The number of aliphatic hydroxyl groups is 1. The van der Waals surface area contributed by atoms with E-state index < -0.39 is 36.8 Å². The van der Waals surface area contributed by atoms with Crippen molar-refractivity contribution < 1.29 is 43.0 Å². The molecule has 0 aliphatic rings. The van der Waals surface area contributed by atoms with E-state index in [1.807, 2.05) is 0 Å². The van der Waals surface area contributed by atoms with Crippen molar-refractivity contribution >= 4 is 37.4 Å². The van der Waals surface area contributed by atoms with Crippen LogP contribution in [0.25, 0.3) is 0 Å². The second kappa shape index (κ2) is 12.5. The zero-order chi connectivity index (χ0) is 22.5. The summed E-state index contributed by atoms with van der Waals surface area (Å²) in [7, 11) is -4.64. The van der Waals surface area contributed by atoms with Gasteiger partial charge in [-0.3, -0.25) is 0 Å². The molecular weight excluding hydrogens is 469 g/mol. The average molecular weight is 489 g/mol. The number of nitrogens with zero attached hydrogens (tertiary/aromatic N) is 5. The molecule has 2 heterocycles. The number of hydrogen-bond donors (Lipinski definition) is 4. The van der Waals surface area contributed by atoms with E-state index in [0.29, 0.717) is 6.07 Å². The molecule has 0 amide bonds. The first kappa shape index (κ1) is 30.3. The predicted molar refractivity (Wildman–Crippen MR) is 106 cm³/mol. The van der Waals surface area contributed by atoms with Crippen LogP contribution in [0.5, 0.6) is 0 Å². The number of benzene rings is 1. The van der Waals surface area contributed by atoms with Crippen LogP contribution in [0.2, 0.25) is 0 Å². The van der Waals surface area contributed by atoms with Crippen molar-refractivity contribution in [3.8, 4) is 0 Å². The van der Waals surface area contributed by atoms with Gasteiger partial charge in [-0.1, -0.05) is 13.0 Å². The van der Waals surface area contributed by atoms with Gasteiger partial charge in [0.1, 0.15) is 36.2 Å². The molecule has 6 N–H and O–H groups in total. The molecule has 2 aromatic heterocycles. The summed E-state index contributed by atoms with van der Waals surface area (Å²) >= 11 is 0. The number of aromatic nitrogens is 5. The van der Waals surface area contributed by atoms with Crippen molar-refractivity contribution in [3.63, 3.8) is 0 Å². The number of phosphoric acid groups is 1. The van der Waals surface area contributed by atoms with Crippen molar-refractivity contribution in [2.24, 2.45) is 0 Å². The third-order valence-corrected chi connectivity index (χ3v) is 4.09. The third kappa shape index (κ3) is 8.31. The van der Waals surface area contributed by atoms with Crippen LogP contribution < -0.4 is 0 Å². The van der Waals surface area contributed by atoms with Crippen LogP contribution >= 0.6 is 7.82 Å². The van der Waals surface area contributed by atoms with Gasteiger partial charge in [-0.2, -0.15) is 5.10 Å². The Balaban J connectivity index is 0.00000124. The zero-order valence-electron chi connectivity index (χ0n) is 15.8. The molecule has 172 valence electrons. The Morgan fingerprint density at radius 3 is 2.25 bits per heavy atom. The summed E-state index contributed by atoms with van der Waals surface area (Å²) in [6, 6.07) is 2.80. The molecule has 0 unspecified atom stereocenters. The molecule has 16 heteroatoms. The minimum atomic E-state index is -4.64. The molecule has 0 saturated heterocycles. The topological polar surface area (TPSA) is 186 Å². The summed E-state index contributed by atoms with van der Waals surface area (Å²) in [6.07, 6.45) is 4.66. The maximum atomic E-state index is 14.4. The number of rotatable bonds is 5.